The molecular formula is C16H27N3O4. The summed E-state index contributed by atoms with van der Waals surface area (Å²) in [6.07, 6.45) is 0.557. The van der Waals surface area contributed by atoms with Gasteiger partial charge in [0.25, 0.3) is 0 Å². The van der Waals surface area contributed by atoms with Crippen LogP contribution in [0, 0.1) is 5.92 Å². The molecule has 1 amide bonds. The topological polar surface area (TPSA) is 119 Å². The molecule has 0 radical (unpaired) electrons. The number of aromatic nitrogens is 2. The maximum Gasteiger partial charge on any atom is 0.405 e. The molecule has 130 valence electrons. The zero-order chi connectivity index (χ0) is 17.6. The normalized spacial score (nSPS) is 14.6. The van der Waals surface area contributed by atoms with E-state index in [1.54, 1.807) is 26.1 Å². The number of amides is 1. The Hall–Kier alpha value is -1.73. The maximum atomic E-state index is 11.1. The minimum atomic E-state index is -0.899. The Labute approximate surface area is 136 Å². The highest BCUT2D eigenvalue weighted by Crippen LogP contribution is 2.32. The van der Waals surface area contributed by atoms with Crippen molar-refractivity contribution < 1.29 is 19.7 Å². The van der Waals surface area contributed by atoms with E-state index < -0.39 is 17.8 Å². The van der Waals surface area contributed by atoms with E-state index in [4.69, 9.17) is 10.5 Å². The van der Waals surface area contributed by atoms with E-state index in [1.165, 1.54) is 0 Å². The predicted octanol–water partition coefficient (Wildman–Crippen LogP) is 1.90. The molecule has 0 aromatic carbocycles. The van der Waals surface area contributed by atoms with E-state index in [2.05, 4.69) is 9.97 Å². The van der Waals surface area contributed by atoms with Gasteiger partial charge in [0.05, 0.1) is 11.8 Å². The van der Waals surface area contributed by atoms with Gasteiger partial charge in [-0.3, -0.25) is 0 Å². The van der Waals surface area contributed by atoms with E-state index in [-0.39, 0.29) is 24.9 Å². The zero-order valence-corrected chi connectivity index (χ0v) is 14.2. The standard InChI is InChI=1S/C16H27N3O4/c1-10(2)14-18-7-5-12(19-14)13(21)9-11(6-8-20)16(3,4)23-15(17)22/h5,7,10-11,13,20-21H,6,8-9H2,1-4H3,(H2,17,22). The summed E-state index contributed by atoms with van der Waals surface area (Å²) in [6.45, 7) is 7.30. The van der Waals surface area contributed by atoms with Crippen molar-refractivity contribution in [3.05, 3.63) is 23.8 Å². The number of hydrogen-bond acceptors (Lipinski definition) is 6. The number of carbonyl (C=O) groups is 1. The molecule has 1 aromatic rings. The lowest BCUT2D eigenvalue weighted by Crippen LogP contribution is -2.39. The summed E-state index contributed by atoms with van der Waals surface area (Å²) in [5.41, 5.74) is 4.72. The van der Waals surface area contributed by atoms with Crippen LogP contribution in [0.15, 0.2) is 12.3 Å². The molecule has 0 fully saturated rings. The maximum absolute atomic E-state index is 11.1. The van der Waals surface area contributed by atoms with Crippen molar-refractivity contribution in [1.29, 1.82) is 0 Å². The SMILES string of the molecule is CC(C)c1nccc(C(O)CC(CCO)C(C)(C)OC(N)=O)n1. The number of carbonyl (C=O) groups excluding carboxylic acids is 1. The van der Waals surface area contributed by atoms with Gasteiger partial charge < -0.3 is 20.7 Å². The molecule has 0 saturated heterocycles. The number of ether oxygens (including phenoxy) is 1. The molecule has 0 bridgehead atoms. The highest BCUT2D eigenvalue weighted by atomic mass is 16.6. The smallest absolute Gasteiger partial charge is 0.405 e. The van der Waals surface area contributed by atoms with Gasteiger partial charge in [0.2, 0.25) is 0 Å². The van der Waals surface area contributed by atoms with Gasteiger partial charge >= 0.3 is 6.09 Å². The average molecular weight is 325 g/mol. The molecule has 1 aromatic heterocycles. The predicted molar refractivity (Wildman–Crippen MR) is 85.6 cm³/mol. The van der Waals surface area contributed by atoms with E-state index in [0.717, 1.165) is 0 Å². The summed E-state index contributed by atoms with van der Waals surface area (Å²) in [6, 6.07) is 1.66. The zero-order valence-electron chi connectivity index (χ0n) is 14.2. The van der Waals surface area contributed by atoms with Gasteiger partial charge in [-0.25, -0.2) is 14.8 Å². The Balaban J connectivity index is 2.91. The number of nitrogens with two attached hydrogens (primary N) is 1. The molecule has 0 aliphatic heterocycles. The fourth-order valence-electron chi connectivity index (χ4n) is 2.49. The van der Waals surface area contributed by atoms with Crippen LogP contribution in [0.2, 0.25) is 0 Å². The molecule has 0 aliphatic carbocycles. The summed E-state index contributed by atoms with van der Waals surface area (Å²) < 4.78 is 5.13. The van der Waals surface area contributed by atoms with Crippen molar-refractivity contribution in [1.82, 2.24) is 9.97 Å². The Morgan fingerprint density at radius 1 is 1.43 bits per heavy atom. The second-order valence-corrected chi connectivity index (χ2v) is 6.48. The number of rotatable bonds is 8. The quantitative estimate of drug-likeness (QED) is 0.671. The van der Waals surface area contributed by atoms with E-state index in [1.807, 2.05) is 13.8 Å². The first-order chi connectivity index (χ1) is 10.7. The van der Waals surface area contributed by atoms with Crippen LogP contribution in [0.25, 0.3) is 0 Å². The van der Waals surface area contributed by atoms with Crippen molar-refractivity contribution in [2.24, 2.45) is 11.7 Å². The molecule has 7 nitrogen and oxygen atoms in total. The van der Waals surface area contributed by atoms with Gasteiger partial charge in [-0.15, -0.1) is 0 Å². The molecule has 0 saturated carbocycles. The monoisotopic (exact) mass is 325 g/mol. The lowest BCUT2D eigenvalue weighted by Gasteiger charge is -2.34. The summed E-state index contributed by atoms with van der Waals surface area (Å²) in [5.74, 6) is 0.547. The number of aliphatic hydroxyl groups is 2. The van der Waals surface area contributed by atoms with Crippen LogP contribution in [0.3, 0.4) is 0 Å². The molecule has 23 heavy (non-hydrogen) atoms. The fraction of sp³-hybridized carbons (Fsp3) is 0.688. The van der Waals surface area contributed by atoms with E-state index in [9.17, 15) is 15.0 Å². The van der Waals surface area contributed by atoms with Gasteiger partial charge in [-0.05, 0) is 32.8 Å². The molecule has 1 heterocycles. The van der Waals surface area contributed by atoms with Gasteiger partial charge in [0.15, 0.2) is 0 Å². The Morgan fingerprint density at radius 2 is 2.09 bits per heavy atom. The average Bonchev–Trinajstić information content (AvgIpc) is 2.45. The third-order valence-corrected chi connectivity index (χ3v) is 3.89. The van der Waals surface area contributed by atoms with E-state index >= 15 is 0 Å². The molecule has 0 aliphatic rings. The second kappa shape index (κ2) is 8.21. The number of aliphatic hydroxyl groups excluding tert-OH is 2. The Bertz CT molecular complexity index is 520. The highest BCUT2D eigenvalue weighted by Gasteiger charge is 2.34. The van der Waals surface area contributed by atoms with Gasteiger partial charge in [-0.1, -0.05) is 13.8 Å². The van der Waals surface area contributed by atoms with Crippen LogP contribution in [-0.4, -0.2) is 38.5 Å². The Morgan fingerprint density at radius 3 is 2.61 bits per heavy atom. The Kier molecular flexibility index (Phi) is 6.90. The third kappa shape index (κ3) is 5.76. The van der Waals surface area contributed by atoms with Gasteiger partial charge in [0.1, 0.15) is 11.4 Å². The second-order valence-electron chi connectivity index (χ2n) is 6.48. The van der Waals surface area contributed by atoms with Crippen LogP contribution < -0.4 is 5.73 Å². The van der Waals surface area contributed by atoms with Crippen molar-refractivity contribution in [3.63, 3.8) is 0 Å². The lowest BCUT2D eigenvalue weighted by atomic mass is 9.83. The van der Waals surface area contributed by atoms with Gasteiger partial charge in [0, 0.05) is 24.6 Å². The van der Waals surface area contributed by atoms with Crippen LogP contribution >= 0.6 is 0 Å². The summed E-state index contributed by atoms with van der Waals surface area (Å²) in [7, 11) is 0. The first kappa shape index (κ1) is 19.3. The van der Waals surface area contributed by atoms with Crippen LogP contribution in [-0.2, 0) is 4.74 Å². The molecule has 4 N–H and O–H groups in total. The molecule has 0 spiro atoms. The molecule has 7 heteroatoms. The minimum Gasteiger partial charge on any atom is -0.443 e. The molecular weight excluding hydrogens is 298 g/mol. The molecule has 2 atom stereocenters. The van der Waals surface area contributed by atoms with E-state index in [0.29, 0.717) is 17.9 Å². The van der Waals surface area contributed by atoms with Crippen molar-refractivity contribution in [2.45, 2.75) is 58.2 Å². The highest BCUT2D eigenvalue weighted by molar-refractivity contribution is 5.65. The van der Waals surface area contributed by atoms with Crippen LogP contribution in [0.4, 0.5) is 4.79 Å². The summed E-state index contributed by atoms with van der Waals surface area (Å²) in [4.78, 5) is 19.6. The molecule has 2 unspecified atom stereocenters. The minimum absolute atomic E-state index is 0.0794. The summed E-state index contributed by atoms with van der Waals surface area (Å²) in [5, 5.41) is 19.7. The third-order valence-electron chi connectivity index (χ3n) is 3.89. The fourth-order valence-corrected chi connectivity index (χ4v) is 2.49. The van der Waals surface area contributed by atoms with Crippen molar-refractivity contribution in [3.8, 4) is 0 Å². The first-order valence-electron chi connectivity index (χ1n) is 7.77. The van der Waals surface area contributed by atoms with Crippen molar-refractivity contribution in [2.75, 3.05) is 6.61 Å². The van der Waals surface area contributed by atoms with Gasteiger partial charge in [-0.2, -0.15) is 0 Å². The first-order valence-corrected chi connectivity index (χ1v) is 7.77. The summed E-state index contributed by atoms with van der Waals surface area (Å²) >= 11 is 0. The number of nitrogens with zero attached hydrogens (tertiary/aromatic N) is 2. The van der Waals surface area contributed by atoms with Crippen LogP contribution in [0.1, 0.15) is 64.1 Å². The molecule has 1 rings (SSSR count). The number of primary amides is 1. The van der Waals surface area contributed by atoms with Crippen LogP contribution in [0.5, 0.6) is 0 Å². The van der Waals surface area contributed by atoms with Crippen molar-refractivity contribution >= 4 is 6.09 Å². The number of hydrogen-bond donors (Lipinski definition) is 3. The lowest BCUT2D eigenvalue weighted by molar-refractivity contribution is -0.0287. The largest absolute Gasteiger partial charge is 0.443 e.